The van der Waals surface area contributed by atoms with E-state index in [1.807, 2.05) is 13.8 Å². The number of sulfonamides is 1. The van der Waals surface area contributed by atoms with Gasteiger partial charge in [0, 0.05) is 24.3 Å². The number of nitrogen functional groups attached to an aromatic ring is 1. The number of benzene rings is 1. The Hall–Kier alpha value is -1.18. The van der Waals surface area contributed by atoms with E-state index < -0.39 is 15.8 Å². The van der Waals surface area contributed by atoms with Crippen molar-refractivity contribution in [3.05, 3.63) is 23.5 Å². The lowest BCUT2D eigenvalue weighted by atomic mass is 10.2. The summed E-state index contributed by atoms with van der Waals surface area (Å²) in [4.78, 5) is -0.0729. The molecule has 0 aromatic heterocycles. The fourth-order valence-corrected chi connectivity index (χ4v) is 4.27. The Labute approximate surface area is 118 Å². The van der Waals surface area contributed by atoms with Gasteiger partial charge in [0.2, 0.25) is 10.0 Å². The summed E-state index contributed by atoms with van der Waals surface area (Å²) >= 11 is 0. The molecular weight excluding hydrogens is 283 g/mol. The topological polar surface area (TPSA) is 72.6 Å². The van der Waals surface area contributed by atoms with Crippen molar-refractivity contribution in [2.24, 2.45) is 0 Å². The fraction of sp³-hybridized carbons (Fsp3) is 0.538. The Kier molecular flexibility index (Phi) is 4.04. The zero-order valence-corrected chi connectivity index (χ0v) is 12.6. The van der Waals surface area contributed by atoms with E-state index in [9.17, 15) is 12.8 Å². The summed E-state index contributed by atoms with van der Waals surface area (Å²) < 4.78 is 45.9. The van der Waals surface area contributed by atoms with Crippen molar-refractivity contribution in [2.45, 2.75) is 37.9 Å². The van der Waals surface area contributed by atoms with Crippen molar-refractivity contribution in [3.63, 3.8) is 0 Å². The molecular formula is C13H19FN2O3S. The van der Waals surface area contributed by atoms with Gasteiger partial charge in [-0.25, -0.2) is 12.8 Å². The average molecular weight is 302 g/mol. The molecule has 2 rings (SSSR count). The maximum Gasteiger partial charge on any atom is 0.243 e. The standard InChI is InChI=1S/C13H19FN2O3S/c1-8-6-16(7-9(2)19-8)20(17,18)13-5-11(15)4-12(14)10(13)3/h4-5,8-9H,6-7,15H2,1-3H3/t8-,9+. The van der Waals surface area contributed by atoms with Crippen LogP contribution in [0, 0.1) is 12.7 Å². The molecule has 0 aliphatic carbocycles. The predicted octanol–water partition coefficient (Wildman–Crippen LogP) is 1.51. The fourth-order valence-electron chi connectivity index (χ4n) is 2.41. The van der Waals surface area contributed by atoms with Gasteiger partial charge in [0.25, 0.3) is 0 Å². The zero-order valence-electron chi connectivity index (χ0n) is 11.8. The monoisotopic (exact) mass is 302 g/mol. The SMILES string of the molecule is Cc1c(F)cc(N)cc1S(=O)(=O)N1C[C@@H](C)O[C@@H](C)C1. The van der Waals surface area contributed by atoms with Crippen molar-refractivity contribution in [3.8, 4) is 0 Å². The summed E-state index contributed by atoms with van der Waals surface area (Å²) in [7, 11) is -3.77. The van der Waals surface area contributed by atoms with Crippen molar-refractivity contribution >= 4 is 15.7 Å². The molecule has 5 nitrogen and oxygen atoms in total. The van der Waals surface area contributed by atoms with E-state index >= 15 is 0 Å². The molecule has 112 valence electrons. The van der Waals surface area contributed by atoms with Crippen LogP contribution in [-0.4, -0.2) is 38.0 Å². The molecule has 0 bridgehead atoms. The summed E-state index contributed by atoms with van der Waals surface area (Å²) in [6.45, 7) is 5.57. The maximum absolute atomic E-state index is 13.7. The molecule has 0 amide bonds. The second-order valence-electron chi connectivity index (χ2n) is 5.21. The number of hydrogen-bond acceptors (Lipinski definition) is 4. The van der Waals surface area contributed by atoms with Crippen LogP contribution in [0.5, 0.6) is 0 Å². The lowest BCUT2D eigenvalue weighted by Gasteiger charge is -2.34. The van der Waals surface area contributed by atoms with Crippen molar-refractivity contribution < 1.29 is 17.5 Å². The summed E-state index contributed by atoms with van der Waals surface area (Å²) in [6, 6.07) is 2.43. The molecule has 0 saturated carbocycles. The largest absolute Gasteiger partial charge is 0.399 e. The number of rotatable bonds is 2. The smallest absolute Gasteiger partial charge is 0.243 e. The molecule has 20 heavy (non-hydrogen) atoms. The van der Waals surface area contributed by atoms with E-state index in [4.69, 9.17) is 10.5 Å². The van der Waals surface area contributed by atoms with Gasteiger partial charge in [0.15, 0.2) is 0 Å². The van der Waals surface area contributed by atoms with Gasteiger partial charge in [-0.1, -0.05) is 0 Å². The Morgan fingerprint density at radius 1 is 1.30 bits per heavy atom. The Morgan fingerprint density at radius 2 is 1.85 bits per heavy atom. The number of nitrogens with two attached hydrogens (primary N) is 1. The Bertz CT molecular complexity index is 608. The first-order chi connectivity index (χ1) is 9.21. The summed E-state index contributed by atoms with van der Waals surface area (Å²) in [5.74, 6) is -0.613. The number of ether oxygens (including phenoxy) is 1. The minimum Gasteiger partial charge on any atom is -0.399 e. The van der Waals surface area contributed by atoms with Gasteiger partial charge in [0.1, 0.15) is 5.82 Å². The molecule has 1 heterocycles. The van der Waals surface area contributed by atoms with Gasteiger partial charge in [-0.15, -0.1) is 0 Å². The van der Waals surface area contributed by atoms with Crippen LogP contribution in [0.2, 0.25) is 0 Å². The summed E-state index contributed by atoms with van der Waals surface area (Å²) in [6.07, 6.45) is -0.389. The number of anilines is 1. The first-order valence-corrected chi connectivity index (χ1v) is 7.87. The number of hydrogen-bond donors (Lipinski definition) is 1. The molecule has 1 aromatic rings. The number of halogens is 1. The third kappa shape index (κ3) is 2.79. The zero-order chi connectivity index (χ0) is 15.1. The van der Waals surface area contributed by atoms with E-state index in [0.29, 0.717) is 0 Å². The van der Waals surface area contributed by atoms with Crippen LogP contribution in [-0.2, 0) is 14.8 Å². The van der Waals surface area contributed by atoms with E-state index in [0.717, 1.165) is 6.07 Å². The second-order valence-corrected chi connectivity index (χ2v) is 7.11. The predicted molar refractivity (Wildman–Crippen MR) is 74.3 cm³/mol. The first kappa shape index (κ1) is 15.2. The molecule has 7 heteroatoms. The molecule has 1 aromatic carbocycles. The van der Waals surface area contributed by atoms with E-state index in [1.54, 1.807) is 0 Å². The van der Waals surface area contributed by atoms with Crippen LogP contribution in [0.15, 0.2) is 17.0 Å². The normalized spacial score (nSPS) is 24.8. The third-order valence-electron chi connectivity index (χ3n) is 3.32. The van der Waals surface area contributed by atoms with E-state index in [2.05, 4.69) is 0 Å². The molecule has 1 aliphatic heterocycles. The van der Waals surface area contributed by atoms with Crippen molar-refractivity contribution in [2.75, 3.05) is 18.8 Å². The van der Waals surface area contributed by atoms with Gasteiger partial charge in [-0.05, 0) is 32.9 Å². The average Bonchev–Trinajstić information content (AvgIpc) is 2.32. The minimum atomic E-state index is -3.77. The highest BCUT2D eigenvalue weighted by molar-refractivity contribution is 7.89. The van der Waals surface area contributed by atoms with E-state index in [1.165, 1.54) is 17.3 Å². The molecule has 1 saturated heterocycles. The van der Waals surface area contributed by atoms with Gasteiger partial charge in [-0.3, -0.25) is 0 Å². The van der Waals surface area contributed by atoms with Crippen LogP contribution < -0.4 is 5.73 Å². The maximum atomic E-state index is 13.7. The minimum absolute atomic E-state index is 0.0729. The van der Waals surface area contributed by atoms with Crippen LogP contribution in [0.1, 0.15) is 19.4 Å². The van der Waals surface area contributed by atoms with Crippen LogP contribution in [0.4, 0.5) is 10.1 Å². The molecule has 0 unspecified atom stereocenters. The van der Waals surface area contributed by atoms with Gasteiger partial charge in [-0.2, -0.15) is 4.31 Å². The van der Waals surface area contributed by atoms with Crippen LogP contribution in [0.25, 0.3) is 0 Å². The van der Waals surface area contributed by atoms with Gasteiger partial charge < -0.3 is 10.5 Å². The molecule has 2 atom stereocenters. The quantitative estimate of drug-likeness (QED) is 0.841. The van der Waals surface area contributed by atoms with E-state index in [-0.39, 0.29) is 41.4 Å². The molecule has 2 N–H and O–H groups in total. The van der Waals surface area contributed by atoms with Gasteiger partial charge >= 0.3 is 0 Å². The van der Waals surface area contributed by atoms with Crippen LogP contribution >= 0.6 is 0 Å². The Balaban J connectivity index is 2.45. The molecule has 0 spiro atoms. The number of morpholine rings is 1. The highest BCUT2D eigenvalue weighted by Crippen LogP contribution is 2.27. The first-order valence-electron chi connectivity index (χ1n) is 6.43. The van der Waals surface area contributed by atoms with Crippen molar-refractivity contribution in [1.29, 1.82) is 0 Å². The number of nitrogens with zero attached hydrogens (tertiary/aromatic N) is 1. The highest BCUT2D eigenvalue weighted by Gasteiger charge is 2.33. The molecule has 1 fully saturated rings. The Morgan fingerprint density at radius 3 is 2.40 bits per heavy atom. The summed E-state index contributed by atoms with van der Waals surface area (Å²) in [5.41, 5.74) is 5.75. The van der Waals surface area contributed by atoms with Gasteiger partial charge in [0.05, 0.1) is 17.1 Å². The lowest BCUT2D eigenvalue weighted by molar-refractivity contribution is -0.0440. The lowest BCUT2D eigenvalue weighted by Crippen LogP contribution is -2.48. The van der Waals surface area contributed by atoms with Crippen molar-refractivity contribution in [1.82, 2.24) is 4.31 Å². The summed E-state index contributed by atoms with van der Waals surface area (Å²) in [5, 5.41) is 0. The second kappa shape index (κ2) is 5.31. The van der Waals surface area contributed by atoms with Crippen LogP contribution in [0.3, 0.4) is 0 Å². The molecule has 1 aliphatic rings. The molecule has 0 radical (unpaired) electrons. The highest BCUT2D eigenvalue weighted by atomic mass is 32.2. The third-order valence-corrected chi connectivity index (χ3v) is 5.28.